The van der Waals surface area contributed by atoms with E-state index < -0.39 is 17.2 Å². The first-order valence-electron chi connectivity index (χ1n) is 7.47. The second kappa shape index (κ2) is 6.57. The maximum Gasteiger partial charge on any atom is 0.351 e. The number of fused-ring (bicyclic) bond motifs is 1. The molecule has 0 amide bonds. The molecule has 0 fully saturated rings. The molecule has 0 bridgehead atoms. The largest absolute Gasteiger partial charge is 0.462 e. The van der Waals surface area contributed by atoms with Gasteiger partial charge in [-0.05, 0) is 44.2 Å². The standard InChI is InChI=1S/C18H13ClO6/c1-3-23-16(20)14-9(2)24-17(21)15-12(14)8-13(25-18(15)22)10-4-6-11(19)7-5-10/h4-8H,3H2,1-2H3. The molecule has 128 valence electrons. The molecule has 0 atom stereocenters. The van der Waals surface area contributed by atoms with Gasteiger partial charge in [-0.1, -0.05) is 11.6 Å². The van der Waals surface area contributed by atoms with Crippen molar-refractivity contribution in [2.24, 2.45) is 0 Å². The second-order valence-corrected chi connectivity index (χ2v) is 5.67. The van der Waals surface area contributed by atoms with E-state index in [2.05, 4.69) is 0 Å². The summed E-state index contributed by atoms with van der Waals surface area (Å²) in [6.45, 7) is 3.26. The van der Waals surface area contributed by atoms with Gasteiger partial charge in [0, 0.05) is 16.0 Å². The van der Waals surface area contributed by atoms with E-state index in [0.717, 1.165) is 0 Å². The number of hydrogen-bond acceptors (Lipinski definition) is 6. The lowest BCUT2D eigenvalue weighted by molar-refractivity contribution is 0.0524. The summed E-state index contributed by atoms with van der Waals surface area (Å²) in [6.07, 6.45) is 0. The van der Waals surface area contributed by atoms with Gasteiger partial charge in [0.25, 0.3) is 0 Å². The van der Waals surface area contributed by atoms with Crippen molar-refractivity contribution >= 4 is 28.3 Å². The van der Waals surface area contributed by atoms with Gasteiger partial charge in [0.2, 0.25) is 0 Å². The lowest BCUT2D eigenvalue weighted by Gasteiger charge is -2.09. The lowest BCUT2D eigenvalue weighted by Crippen LogP contribution is -2.17. The Labute approximate surface area is 146 Å². The number of rotatable bonds is 3. The summed E-state index contributed by atoms with van der Waals surface area (Å²) in [5.41, 5.74) is -1.15. The van der Waals surface area contributed by atoms with Crippen LogP contribution in [0.2, 0.25) is 5.02 Å². The van der Waals surface area contributed by atoms with Crippen molar-refractivity contribution in [2.75, 3.05) is 6.61 Å². The third kappa shape index (κ3) is 3.08. The van der Waals surface area contributed by atoms with Crippen LogP contribution in [0.15, 0.2) is 48.8 Å². The van der Waals surface area contributed by atoms with Crippen LogP contribution in [0.5, 0.6) is 0 Å². The molecule has 3 aromatic rings. The zero-order valence-electron chi connectivity index (χ0n) is 13.4. The number of ether oxygens (including phenoxy) is 1. The summed E-state index contributed by atoms with van der Waals surface area (Å²) in [5.74, 6) is -0.408. The number of aryl methyl sites for hydroxylation is 1. The summed E-state index contributed by atoms with van der Waals surface area (Å²) >= 11 is 5.86. The molecular formula is C18H13ClO6. The fraction of sp³-hybridized carbons (Fsp3) is 0.167. The van der Waals surface area contributed by atoms with Crippen molar-refractivity contribution in [2.45, 2.75) is 13.8 Å². The molecule has 0 spiro atoms. The molecule has 0 saturated carbocycles. The average molecular weight is 361 g/mol. The van der Waals surface area contributed by atoms with E-state index in [1.54, 1.807) is 31.2 Å². The molecule has 0 radical (unpaired) electrons. The minimum atomic E-state index is -0.887. The van der Waals surface area contributed by atoms with Gasteiger partial charge in [0.05, 0.1) is 6.61 Å². The Balaban J connectivity index is 2.36. The second-order valence-electron chi connectivity index (χ2n) is 5.23. The first kappa shape index (κ1) is 17.0. The molecule has 2 aromatic heterocycles. The van der Waals surface area contributed by atoms with Crippen LogP contribution in [-0.4, -0.2) is 12.6 Å². The molecule has 3 rings (SSSR count). The Bertz CT molecular complexity index is 1080. The first-order valence-corrected chi connectivity index (χ1v) is 7.84. The predicted octanol–water partition coefficient (Wildman–Crippen LogP) is 3.55. The van der Waals surface area contributed by atoms with Crippen molar-refractivity contribution in [3.63, 3.8) is 0 Å². The zero-order chi connectivity index (χ0) is 18.1. The number of halogens is 1. The van der Waals surface area contributed by atoms with Gasteiger partial charge < -0.3 is 13.6 Å². The molecule has 0 unspecified atom stereocenters. The van der Waals surface area contributed by atoms with E-state index in [4.69, 9.17) is 25.2 Å². The van der Waals surface area contributed by atoms with Gasteiger partial charge in [-0.2, -0.15) is 0 Å². The van der Waals surface area contributed by atoms with E-state index >= 15 is 0 Å². The third-order valence-electron chi connectivity index (χ3n) is 3.63. The van der Waals surface area contributed by atoms with Crippen molar-refractivity contribution in [3.8, 4) is 11.3 Å². The van der Waals surface area contributed by atoms with Gasteiger partial charge in [0.15, 0.2) is 5.39 Å². The van der Waals surface area contributed by atoms with Crippen molar-refractivity contribution in [1.29, 1.82) is 0 Å². The van der Waals surface area contributed by atoms with Crippen LogP contribution >= 0.6 is 11.6 Å². The molecule has 0 aliphatic rings. The predicted molar refractivity (Wildman–Crippen MR) is 92.2 cm³/mol. The summed E-state index contributed by atoms with van der Waals surface area (Å²) in [7, 11) is 0. The highest BCUT2D eigenvalue weighted by atomic mass is 35.5. The Hall–Kier alpha value is -2.86. The number of carbonyl (C=O) groups is 1. The number of hydrogen-bond donors (Lipinski definition) is 0. The van der Waals surface area contributed by atoms with Crippen LogP contribution in [0, 0.1) is 6.92 Å². The third-order valence-corrected chi connectivity index (χ3v) is 3.88. The molecule has 25 heavy (non-hydrogen) atoms. The topological polar surface area (TPSA) is 86.7 Å². The monoisotopic (exact) mass is 360 g/mol. The van der Waals surface area contributed by atoms with Gasteiger partial charge in [-0.3, -0.25) is 0 Å². The van der Waals surface area contributed by atoms with E-state index in [-0.39, 0.29) is 34.5 Å². The van der Waals surface area contributed by atoms with Crippen LogP contribution in [0.3, 0.4) is 0 Å². The highest BCUT2D eigenvalue weighted by molar-refractivity contribution is 6.30. The summed E-state index contributed by atoms with van der Waals surface area (Å²) in [5, 5.41) is 0.329. The Morgan fingerprint density at radius 3 is 2.40 bits per heavy atom. The molecule has 0 N–H and O–H groups in total. The van der Waals surface area contributed by atoms with E-state index in [1.807, 2.05) is 0 Å². The molecule has 0 aliphatic heterocycles. The highest BCUT2D eigenvalue weighted by Gasteiger charge is 2.22. The molecule has 0 saturated heterocycles. The maximum absolute atomic E-state index is 12.3. The van der Waals surface area contributed by atoms with Crippen molar-refractivity contribution < 1.29 is 18.4 Å². The van der Waals surface area contributed by atoms with Crippen LogP contribution in [0.4, 0.5) is 0 Å². The normalized spacial score (nSPS) is 10.8. The van der Waals surface area contributed by atoms with Gasteiger partial charge in [-0.25, -0.2) is 14.4 Å². The van der Waals surface area contributed by atoms with E-state index in [9.17, 15) is 14.4 Å². The molecule has 6 nitrogen and oxygen atoms in total. The molecule has 0 aliphatic carbocycles. The first-order chi connectivity index (χ1) is 11.9. The van der Waals surface area contributed by atoms with Crippen LogP contribution in [0.25, 0.3) is 22.1 Å². The number of carbonyl (C=O) groups excluding carboxylic acids is 1. The Morgan fingerprint density at radius 2 is 1.76 bits per heavy atom. The lowest BCUT2D eigenvalue weighted by atomic mass is 10.0. The fourth-order valence-electron chi connectivity index (χ4n) is 2.53. The molecular weight excluding hydrogens is 348 g/mol. The smallest absolute Gasteiger partial charge is 0.351 e. The number of benzene rings is 1. The van der Waals surface area contributed by atoms with Crippen molar-refractivity contribution in [3.05, 3.63) is 67.5 Å². The average Bonchev–Trinajstić information content (AvgIpc) is 2.54. The van der Waals surface area contributed by atoms with Gasteiger partial charge in [0.1, 0.15) is 17.1 Å². The number of esters is 1. The SMILES string of the molecule is CCOC(=O)c1c(C)oc(=O)c2c(=O)oc(-c3ccc(Cl)cc3)cc12. The quantitative estimate of drug-likeness (QED) is 0.664. The molecule has 7 heteroatoms. The van der Waals surface area contributed by atoms with Crippen LogP contribution < -0.4 is 11.3 Å². The highest BCUT2D eigenvalue weighted by Crippen LogP contribution is 2.26. The zero-order valence-corrected chi connectivity index (χ0v) is 14.2. The summed E-state index contributed by atoms with van der Waals surface area (Å²) < 4.78 is 15.2. The maximum atomic E-state index is 12.3. The molecule has 2 heterocycles. The minimum Gasteiger partial charge on any atom is -0.462 e. The minimum absolute atomic E-state index is 0.0274. The van der Waals surface area contributed by atoms with Gasteiger partial charge >= 0.3 is 17.2 Å². The Morgan fingerprint density at radius 1 is 1.12 bits per heavy atom. The summed E-state index contributed by atoms with van der Waals surface area (Å²) in [4.78, 5) is 36.6. The van der Waals surface area contributed by atoms with Crippen LogP contribution in [0.1, 0.15) is 23.0 Å². The van der Waals surface area contributed by atoms with E-state index in [0.29, 0.717) is 10.6 Å². The Kier molecular flexibility index (Phi) is 4.46. The fourth-order valence-corrected chi connectivity index (χ4v) is 2.65. The van der Waals surface area contributed by atoms with Crippen LogP contribution in [-0.2, 0) is 4.74 Å². The van der Waals surface area contributed by atoms with Gasteiger partial charge in [-0.15, -0.1) is 0 Å². The van der Waals surface area contributed by atoms with Crippen molar-refractivity contribution in [1.82, 2.24) is 0 Å². The summed E-state index contributed by atoms with van der Waals surface area (Å²) in [6, 6.07) is 8.05. The van der Waals surface area contributed by atoms with E-state index in [1.165, 1.54) is 13.0 Å². The molecule has 1 aromatic carbocycles.